The lowest BCUT2D eigenvalue weighted by Crippen LogP contribution is -2.35. The summed E-state index contributed by atoms with van der Waals surface area (Å²) < 4.78 is 13.5. The second-order valence-electron chi connectivity index (χ2n) is 8.96. The van der Waals surface area contributed by atoms with Crippen molar-refractivity contribution in [2.24, 2.45) is 0 Å². The smallest absolute Gasteiger partial charge is 0.164 e. The molecule has 0 radical (unpaired) electrons. The highest BCUT2D eigenvalue weighted by Gasteiger charge is 2.25. The molecule has 0 saturated carbocycles. The van der Waals surface area contributed by atoms with Gasteiger partial charge in [0.25, 0.3) is 0 Å². The highest BCUT2D eigenvalue weighted by Crippen LogP contribution is 2.31. The molecule has 1 saturated heterocycles. The van der Waals surface area contributed by atoms with E-state index in [1.165, 1.54) is 0 Å². The van der Waals surface area contributed by atoms with Crippen molar-refractivity contribution in [1.29, 1.82) is 0 Å². The molecule has 2 aliphatic rings. The highest BCUT2D eigenvalue weighted by atomic mass is 16.5. The van der Waals surface area contributed by atoms with Crippen LogP contribution < -0.4 is 20.3 Å². The summed E-state index contributed by atoms with van der Waals surface area (Å²) in [7, 11) is 1.80. The van der Waals surface area contributed by atoms with Crippen LogP contribution in [0.1, 0.15) is 17.8 Å². The van der Waals surface area contributed by atoms with E-state index in [0.717, 1.165) is 54.7 Å². The monoisotopic (exact) mass is 480 g/mol. The molecule has 1 unspecified atom stereocenters. The molecule has 11 heteroatoms. The van der Waals surface area contributed by atoms with E-state index in [0.29, 0.717) is 31.3 Å². The summed E-state index contributed by atoms with van der Waals surface area (Å²) >= 11 is 0. The number of anilines is 2. The fourth-order valence-electron chi connectivity index (χ4n) is 4.38. The minimum absolute atomic E-state index is 0.202. The zero-order valence-corrected chi connectivity index (χ0v) is 20.1. The molecule has 3 aromatic rings. The van der Waals surface area contributed by atoms with E-state index in [-0.39, 0.29) is 12.6 Å². The number of hydrogen-bond acceptors (Lipinski definition) is 10. The van der Waals surface area contributed by atoms with Crippen molar-refractivity contribution in [2.45, 2.75) is 38.6 Å². The van der Waals surface area contributed by atoms with Crippen LogP contribution in [0.3, 0.4) is 0 Å². The van der Waals surface area contributed by atoms with Gasteiger partial charge in [0.05, 0.1) is 19.2 Å². The maximum Gasteiger partial charge on any atom is 0.164 e. The first-order valence-electron chi connectivity index (χ1n) is 12.0. The Morgan fingerprint density at radius 2 is 2.20 bits per heavy atom. The predicted octanol–water partition coefficient (Wildman–Crippen LogP) is 1.22. The van der Waals surface area contributed by atoms with E-state index >= 15 is 0 Å². The first-order chi connectivity index (χ1) is 17.1. The molecule has 2 aromatic heterocycles. The maximum atomic E-state index is 9.99. The van der Waals surface area contributed by atoms with Gasteiger partial charge in [-0.2, -0.15) is 0 Å². The number of fused-ring (bicyclic) bond motifs is 1. The third-order valence-corrected chi connectivity index (χ3v) is 6.30. The Kier molecular flexibility index (Phi) is 7.07. The van der Waals surface area contributed by atoms with E-state index in [4.69, 9.17) is 19.4 Å². The molecule has 11 nitrogen and oxygen atoms in total. The number of aliphatic hydroxyl groups is 1. The second kappa shape index (κ2) is 10.5. The average molecular weight is 481 g/mol. The lowest BCUT2D eigenvalue weighted by Gasteiger charge is -2.30. The van der Waals surface area contributed by atoms with Crippen LogP contribution in [0.15, 0.2) is 30.6 Å². The maximum absolute atomic E-state index is 9.99. The molecule has 2 aliphatic heterocycles. The van der Waals surface area contributed by atoms with Crippen LogP contribution in [0.25, 0.3) is 11.4 Å². The molecular weight excluding hydrogens is 448 g/mol. The number of benzene rings is 1. The minimum Gasteiger partial charge on any atom is -0.491 e. The van der Waals surface area contributed by atoms with Gasteiger partial charge in [-0.3, -0.25) is 0 Å². The molecule has 4 heterocycles. The Morgan fingerprint density at radius 1 is 1.29 bits per heavy atom. The topological polar surface area (TPSA) is 122 Å². The number of aromatic nitrogens is 5. The number of hydrogen-bond donors (Lipinski definition) is 3. The number of nitrogens with one attached hydrogen (secondary N) is 2. The van der Waals surface area contributed by atoms with Crippen molar-refractivity contribution in [3.05, 3.63) is 42.0 Å². The zero-order valence-electron chi connectivity index (χ0n) is 20.1. The summed E-state index contributed by atoms with van der Waals surface area (Å²) in [4.78, 5) is 12.1. The molecule has 0 spiro atoms. The van der Waals surface area contributed by atoms with Crippen molar-refractivity contribution in [2.75, 3.05) is 50.2 Å². The largest absolute Gasteiger partial charge is 0.491 e. The van der Waals surface area contributed by atoms with Gasteiger partial charge in [-0.1, -0.05) is 12.1 Å². The van der Waals surface area contributed by atoms with Gasteiger partial charge >= 0.3 is 0 Å². The molecule has 3 N–H and O–H groups in total. The van der Waals surface area contributed by atoms with Crippen molar-refractivity contribution in [1.82, 2.24) is 30.0 Å². The minimum atomic E-state index is -0.587. The van der Waals surface area contributed by atoms with Crippen LogP contribution in [0, 0.1) is 6.92 Å². The third-order valence-electron chi connectivity index (χ3n) is 6.30. The molecule has 186 valence electrons. The standard InChI is InChI=1S/C24H32N8O3/c1-16-22(27-18-6-9-34-13-18)28-23(17-4-3-5-20(10-17)35-14-19(33)11-25-2)29-24(16)31-7-8-32-15-26-30-21(32)12-31/h3-5,10,15,18-19,25,33H,6-9,11-14H2,1-2H3,(H,27,28,29)/t18-,19?/m1/s1. The first-order valence-corrected chi connectivity index (χ1v) is 12.0. The Labute approximate surface area is 204 Å². The summed E-state index contributed by atoms with van der Waals surface area (Å²) in [5, 5.41) is 24.8. The number of aliphatic hydroxyl groups excluding tert-OH is 1. The third kappa shape index (κ3) is 5.37. The Morgan fingerprint density at radius 3 is 3.03 bits per heavy atom. The van der Waals surface area contributed by atoms with E-state index < -0.39 is 6.10 Å². The van der Waals surface area contributed by atoms with Crippen LogP contribution in [-0.4, -0.2) is 81.9 Å². The van der Waals surface area contributed by atoms with Crippen LogP contribution in [-0.2, 0) is 17.8 Å². The molecule has 5 rings (SSSR count). The van der Waals surface area contributed by atoms with Crippen molar-refractivity contribution >= 4 is 11.6 Å². The number of nitrogens with zero attached hydrogens (tertiary/aromatic N) is 6. The molecule has 35 heavy (non-hydrogen) atoms. The molecule has 2 atom stereocenters. The number of likely N-dealkylation sites (N-methyl/N-ethyl adjacent to an activating group) is 1. The Bertz CT molecular complexity index is 1150. The Balaban J connectivity index is 1.46. The van der Waals surface area contributed by atoms with Gasteiger partial charge in [-0.15, -0.1) is 10.2 Å². The van der Waals surface area contributed by atoms with E-state index in [9.17, 15) is 5.11 Å². The van der Waals surface area contributed by atoms with Crippen LogP contribution in [0.5, 0.6) is 5.75 Å². The van der Waals surface area contributed by atoms with Gasteiger partial charge in [0.2, 0.25) is 0 Å². The molecule has 0 amide bonds. The molecule has 1 aromatic carbocycles. The molecule has 0 bridgehead atoms. The van der Waals surface area contributed by atoms with Gasteiger partial charge in [-0.25, -0.2) is 9.97 Å². The van der Waals surface area contributed by atoms with E-state index in [1.54, 1.807) is 13.4 Å². The van der Waals surface area contributed by atoms with Gasteiger partial charge in [0.15, 0.2) is 11.6 Å². The van der Waals surface area contributed by atoms with Crippen LogP contribution in [0.2, 0.25) is 0 Å². The summed E-state index contributed by atoms with van der Waals surface area (Å²) in [5.41, 5.74) is 1.84. The fourth-order valence-corrected chi connectivity index (χ4v) is 4.38. The predicted molar refractivity (Wildman–Crippen MR) is 132 cm³/mol. The van der Waals surface area contributed by atoms with E-state index in [2.05, 4.69) is 37.2 Å². The van der Waals surface area contributed by atoms with Crippen LogP contribution in [0.4, 0.5) is 11.6 Å². The van der Waals surface area contributed by atoms with Crippen molar-refractivity contribution < 1.29 is 14.6 Å². The van der Waals surface area contributed by atoms with Gasteiger partial charge in [0, 0.05) is 37.4 Å². The van der Waals surface area contributed by atoms with E-state index in [1.807, 2.05) is 24.3 Å². The lowest BCUT2D eigenvalue weighted by atomic mass is 10.1. The van der Waals surface area contributed by atoms with Gasteiger partial charge < -0.3 is 34.7 Å². The first kappa shape index (κ1) is 23.5. The quantitative estimate of drug-likeness (QED) is 0.412. The SMILES string of the molecule is CNCC(O)COc1cccc(-c2nc(N[C@@H]3CCOC3)c(C)c(N3CCn4cnnc4C3)n2)c1. The zero-order chi connectivity index (χ0) is 24.2. The lowest BCUT2D eigenvalue weighted by molar-refractivity contribution is 0.108. The van der Waals surface area contributed by atoms with Crippen LogP contribution >= 0.6 is 0 Å². The number of ether oxygens (including phenoxy) is 2. The summed E-state index contributed by atoms with van der Waals surface area (Å²) in [6, 6.07) is 7.89. The van der Waals surface area contributed by atoms with Gasteiger partial charge in [0.1, 0.15) is 36.4 Å². The van der Waals surface area contributed by atoms with Crippen molar-refractivity contribution in [3.63, 3.8) is 0 Å². The second-order valence-corrected chi connectivity index (χ2v) is 8.96. The molecule has 1 fully saturated rings. The summed E-state index contributed by atoms with van der Waals surface area (Å²) in [5.74, 6) is 3.88. The average Bonchev–Trinajstić information content (AvgIpc) is 3.56. The molecule has 0 aliphatic carbocycles. The molecular formula is C24H32N8O3. The summed E-state index contributed by atoms with van der Waals surface area (Å²) in [6.45, 7) is 6.39. The fraction of sp³-hybridized carbons (Fsp3) is 0.500. The summed E-state index contributed by atoms with van der Waals surface area (Å²) in [6.07, 6.45) is 2.13. The van der Waals surface area contributed by atoms with Gasteiger partial charge in [-0.05, 0) is 32.5 Å². The highest BCUT2D eigenvalue weighted by molar-refractivity contribution is 5.67. The Hall–Kier alpha value is -3.28. The normalized spacial score (nSPS) is 18.4. The number of rotatable bonds is 9. The van der Waals surface area contributed by atoms with Crippen molar-refractivity contribution in [3.8, 4) is 17.1 Å².